The van der Waals surface area contributed by atoms with Crippen LogP contribution in [-0.4, -0.2) is 25.6 Å². The van der Waals surface area contributed by atoms with Crippen molar-refractivity contribution in [3.8, 4) is 0 Å². The Balaban J connectivity index is 2.96. The highest BCUT2D eigenvalue weighted by atomic mass is 35.5. The first-order valence-corrected chi connectivity index (χ1v) is 5.01. The third kappa shape index (κ3) is 3.14. The van der Waals surface area contributed by atoms with Gasteiger partial charge in [0.1, 0.15) is 5.82 Å². The molecule has 0 saturated heterocycles. The first kappa shape index (κ1) is 12.4. The molecule has 0 fully saturated rings. The lowest BCUT2D eigenvalue weighted by Crippen LogP contribution is -2.38. The van der Waals surface area contributed by atoms with Crippen molar-refractivity contribution in [1.29, 1.82) is 0 Å². The van der Waals surface area contributed by atoms with Crippen LogP contribution >= 0.6 is 11.6 Å². The van der Waals surface area contributed by atoms with E-state index in [-0.39, 0.29) is 11.1 Å². The molecular formula is C10H15ClFN3. The van der Waals surface area contributed by atoms with E-state index < -0.39 is 5.82 Å². The summed E-state index contributed by atoms with van der Waals surface area (Å²) in [5.74, 6) is -0.413. The quantitative estimate of drug-likeness (QED) is 0.773. The van der Waals surface area contributed by atoms with Crippen molar-refractivity contribution < 1.29 is 4.39 Å². The van der Waals surface area contributed by atoms with Crippen molar-refractivity contribution >= 4 is 11.6 Å². The van der Waals surface area contributed by atoms with Gasteiger partial charge < -0.3 is 5.73 Å². The minimum Gasteiger partial charge on any atom is -0.329 e. The highest BCUT2D eigenvalue weighted by Gasteiger charge is 2.16. The topological polar surface area (TPSA) is 41.3 Å². The average Bonchev–Trinajstić information content (AvgIpc) is 2.19. The lowest BCUT2D eigenvalue weighted by molar-refractivity contribution is 0.243. The highest BCUT2D eigenvalue weighted by Crippen LogP contribution is 2.22. The summed E-state index contributed by atoms with van der Waals surface area (Å²) in [6.07, 6.45) is 0. The van der Waals surface area contributed by atoms with Crippen LogP contribution in [0.3, 0.4) is 0 Å². The maximum atomic E-state index is 13.6. The molecule has 0 aliphatic carbocycles. The largest absolute Gasteiger partial charge is 0.329 e. The Kier molecular flexibility index (Phi) is 4.47. The van der Waals surface area contributed by atoms with Gasteiger partial charge >= 0.3 is 0 Å². The SMILES string of the molecule is CN(C)NC(CN)c1cccc(Cl)c1F. The predicted molar refractivity (Wildman–Crippen MR) is 60.0 cm³/mol. The van der Waals surface area contributed by atoms with Gasteiger partial charge in [0.15, 0.2) is 0 Å². The van der Waals surface area contributed by atoms with Gasteiger partial charge in [-0.3, -0.25) is 0 Å². The molecule has 0 bridgehead atoms. The van der Waals surface area contributed by atoms with E-state index in [0.29, 0.717) is 12.1 Å². The third-order valence-electron chi connectivity index (χ3n) is 2.01. The normalized spacial score (nSPS) is 13.2. The van der Waals surface area contributed by atoms with Crippen molar-refractivity contribution in [2.24, 2.45) is 5.73 Å². The van der Waals surface area contributed by atoms with Crippen LogP contribution in [0.5, 0.6) is 0 Å². The first-order chi connectivity index (χ1) is 7.06. The Bertz CT molecular complexity index is 330. The van der Waals surface area contributed by atoms with Crippen molar-refractivity contribution in [1.82, 2.24) is 10.4 Å². The van der Waals surface area contributed by atoms with Crippen molar-refractivity contribution in [3.05, 3.63) is 34.6 Å². The molecular weight excluding hydrogens is 217 g/mol. The molecule has 1 atom stereocenters. The van der Waals surface area contributed by atoms with Gasteiger partial charge in [0.2, 0.25) is 0 Å². The van der Waals surface area contributed by atoms with Crippen molar-refractivity contribution in [2.75, 3.05) is 20.6 Å². The summed E-state index contributed by atoms with van der Waals surface area (Å²) < 4.78 is 13.6. The van der Waals surface area contributed by atoms with Crippen LogP contribution in [0, 0.1) is 5.82 Å². The molecule has 15 heavy (non-hydrogen) atoms. The second-order valence-electron chi connectivity index (χ2n) is 3.45. The maximum absolute atomic E-state index is 13.6. The van der Waals surface area contributed by atoms with Gasteiger partial charge in [0.05, 0.1) is 11.1 Å². The van der Waals surface area contributed by atoms with Crippen LogP contribution < -0.4 is 11.2 Å². The van der Waals surface area contributed by atoms with Gasteiger partial charge in [-0.1, -0.05) is 23.7 Å². The molecule has 1 aromatic rings. The van der Waals surface area contributed by atoms with Crippen molar-refractivity contribution in [2.45, 2.75) is 6.04 Å². The lowest BCUT2D eigenvalue weighted by atomic mass is 10.1. The summed E-state index contributed by atoms with van der Waals surface area (Å²) in [6.45, 7) is 0.301. The molecule has 0 radical (unpaired) electrons. The van der Waals surface area contributed by atoms with Gasteiger partial charge in [-0.05, 0) is 6.07 Å². The van der Waals surface area contributed by atoms with Gasteiger partial charge in [-0.25, -0.2) is 14.8 Å². The number of nitrogens with two attached hydrogens (primary N) is 1. The fourth-order valence-electron chi connectivity index (χ4n) is 1.35. The smallest absolute Gasteiger partial charge is 0.146 e. The monoisotopic (exact) mass is 231 g/mol. The van der Waals surface area contributed by atoms with E-state index in [1.807, 2.05) is 14.1 Å². The number of rotatable bonds is 4. The number of benzene rings is 1. The molecule has 5 heteroatoms. The summed E-state index contributed by atoms with van der Waals surface area (Å²) in [4.78, 5) is 0. The summed E-state index contributed by atoms with van der Waals surface area (Å²) in [6, 6.07) is 4.64. The van der Waals surface area contributed by atoms with Crippen LogP contribution in [0.4, 0.5) is 4.39 Å². The fraction of sp³-hybridized carbons (Fsp3) is 0.400. The van der Waals surface area contributed by atoms with E-state index in [1.165, 1.54) is 6.07 Å². The minimum atomic E-state index is -0.413. The van der Waals surface area contributed by atoms with E-state index in [4.69, 9.17) is 17.3 Å². The van der Waals surface area contributed by atoms with E-state index in [1.54, 1.807) is 17.1 Å². The summed E-state index contributed by atoms with van der Waals surface area (Å²) in [5.41, 5.74) is 9.08. The third-order valence-corrected chi connectivity index (χ3v) is 2.30. The van der Waals surface area contributed by atoms with Gasteiger partial charge in [0, 0.05) is 26.2 Å². The second kappa shape index (κ2) is 5.42. The van der Waals surface area contributed by atoms with Crippen molar-refractivity contribution in [3.63, 3.8) is 0 Å². The standard InChI is InChI=1S/C10H15ClFN3/c1-15(2)14-9(6-13)7-4-3-5-8(11)10(7)12/h3-5,9,14H,6,13H2,1-2H3. The highest BCUT2D eigenvalue weighted by molar-refractivity contribution is 6.30. The number of nitrogens with one attached hydrogen (secondary N) is 1. The molecule has 3 nitrogen and oxygen atoms in total. The van der Waals surface area contributed by atoms with E-state index in [0.717, 1.165) is 0 Å². The molecule has 0 amide bonds. The Morgan fingerprint density at radius 1 is 1.53 bits per heavy atom. The van der Waals surface area contributed by atoms with E-state index in [2.05, 4.69) is 5.43 Å². The Labute approximate surface area is 94.0 Å². The van der Waals surface area contributed by atoms with Crippen LogP contribution in [0.15, 0.2) is 18.2 Å². The summed E-state index contributed by atoms with van der Waals surface area (Å²) in [5, 5.41) is 1.85. The van der Waals surface area contributed by atoms with Gasteiger partial charge in [-0.2, -0.15) is 0 Å². The maximum Gasteiger partial charge on any atom is 0.146 e. The number of hydrogen-bond acceptors (Lipinski definition) is 3. The zero-order valence-corrected chi connectivity index (χ0v) is 9.55. The Morgan fingerprint density at radius 3 is 2.73 bits per heavy atom. The molecule has 0 heterocycles. The molecule has 1 aromatic carbocycles. The molecule has 0 aromatic heterocycles. The fourth-order valence-corrected chi connectivity index (χ4v) is 1.53. The average molecular weight is 232 g/mol. The number of nitrogens with zero attached hydrogens (tertiary/aromatic N) is 1. The van der Waals surface area contributed by atoms with E-state index >= 15 is 0 Å². The molecule has 0 saturated carbocycles. The minimum absolute atomic E-state index is 0.117. The van der Waals surface area contributed by atoms with Crippen LogP contribution in [0.25, 0.3) is 0 Å². The zero-order valence-electron chi connectivity index (χ0n) is 8.80. The van der Waals surface area contributed by atoms with E-state index in [9.17, 15) is 4.39 Å². The molecule has 1 unspecified atom stereocenters. The lowest BCUT2D eigenvalue weighted by Gasteiger charge is -2.22. The number of hydrazine groups is 1. The predicted octanol–water partition coefficient (Wildman–Crippen LogP) is 1.55. The molecule has 3 N–H and O–H groups in total. The zero-order chi connectivity index (χ0) is 11.4. The number of halogens is 2. The molecule has 0 aliphatic heterocycles. The number of hydrogen-bond donors (Lipinski definition) is 2. The molecule has 0 spiro atoms. The Hall–Kier alpha value is -0.680. The summed E-state index contributed by atoms with van der Waals surface area (Å²) >= 11 is 5.69. The summed E-state index contributed by atoms with van der Waals surface area (Å²) in [7, 11) is 3.65. The second-order valence-corrected chi connectivity index (χ2v) is 3.86. The Morgan fingerprint density at radius 2 is 2.20 bits per heavy atom. The van der Waals surface area contributed by atoms with Gasteiger partial charge in [-0.15, -0.1) is 0 Å². The molecule has 84 valence electrons. The van der Waals surface area contributed by atoms with Gasteiger partial charge in [0.25, 0.3) is 0 Å². The first-order valence-electron chi connectivity index (χ1n) is 4.63. The van der Waals surface area contributed by atoms with Crippen LogP contribution in [0.1, 0.15) is 11.6 Å². The van der Waals surface area contributed by atoms with Crippen LogP contribution in [-0.2, 0) is 0 Å². The van der Waals surface area contributed by atoms with Crippen LogP contribution in [0.2, 0.25) is 5.02 Å². The molecule has 0 aliphatic rings. The molecule has 1 rings (SSSR count).